The van der Waals surface area contributed by atoms with Crippen LogP contribution in [-0.2, 0) is 9.53 Å². The topological polar surface area (TPSA) is 35.5 Å². The number of halogens is 1. The molecular weight excluding hydrogens is 260 g/mol. The Morgan fingerprint density at radius 1 is 1.40 bits per heavy atom. The fourth-order valence-corrected chi connectivity index (χ4v) is 1.44. The first-order valence-electron chi connectivity index (χ1n) is 4.72. The quantitative estimate of drug-likeness (QED) is 0.610. The maximum Gasteiger partial charge on any atom is 0.348 e. The van der Waals surface area contributed by atoms with E-state index in [-0.39, 0.29) is 5.97 Å². The van der Waals surface area contributed by atoms with Crippen LogP contribution in [0.5, 0.6) is 5.75 Å². The van der Waals surface area contributed by atoms with Crippen LogP contribution in [0.1, 0.15) is 6.92 Å². The summed E-state index contributed by atoms with van der Waals surface area (Å²) in [5.74, 6) is 0.313. The van der Waals surface area contributed by atoms with Gasteiger partial charge in [0.1, 0.15) is 5.75 Å². The van der Waals surface area contributed by atoms with Crippen molar-refractivity contribution in [2.45, 2.75) is 13.0 Å². The molecule has 0 heterocycles. The summed E-state index contributed by atoms with van der Waals surface area (Å²) in [6.07, 6.45) is -0.590. The lowest BCUT2D eigenvalue weighted by molar-refractivity contribution is -0.150. The minimum atomic E-state index is -0.590. The molecule has 0 saturated carbocycles. The number of rotatable bonds is 5. The van der Waals surface area contributed by atoms with Gasteiger partial charge in [0.25, 0.3) is 0 Å². The highest BCUT2D eigenvalue weighted by Crippen LogP contribution is 2.12. The third-order valence-corrected chi connectivity index (χ3v) is 2.30. The molecule has 82 valence electrons. The summed E-state index contributed by atoms with van der Waals surface area (Å²) in [7, 11) is 0. The van der Waals surface area contributed by atoms with E-state index < -0.39 is 6.10 Å². The largest absolute Gasteiger partial charge is 0.478 e. The summed E-state index contributed by atoms with van der Waals surface area (Å²) in [6.45, 7) is 2.13. The summed E-state index contributed by atoms with van der Waals surface area (Å²) in [6, 6.07) is 9.20. The van der Waals surface area contributed by atoms with Gasteiger partial charge in [-0.25, -0.2) is 4.79 Å². The van der Waals surface area contributed by atoms with E-state index in [0.717, 1.165) is 0 Å². The first-order chi connectivity index (χ1) is 7.27. The van der Waals surface area contributed by atoms with Crippen molar-refractivity contribution in [3.8, 4) is 5.75 Å². The lowest BCUT2D eigenvalue weighted by atomic mass is 10.3. The zero-order valence-corrected chi connectivity index (χ0v) is 10.1. The summed E-state index contributed by atoms with van der Waals surface area (Å²) < 4.78 is 10.3. The molecule has 0 N–H and O–H groups in total. The van der Waals surface area contributed by atoms with Crippen molar-refractivity contribution in [1.82, 2.24) is 0 Å². The standard InChI is InChI=1S/C11H13BrO3/c1-2-14-11(13)10(8-12)15-9-6-4-3-5-7-9/h3-7,10H,2,8H2,1H3. The molecule has 0 radical (unpaired) electrons. The molecule has 0 aliphatic rings. The number of carbonyl (C=O) groups is 1. The van der Waals surface area contributed by atoms with Crippen LogP contribution in [0.3, 0.4) is 0 Å². The Labute approximate surface area is 97.5 Å². The zero-order valence-electron chi connectivity index (χ0n) is 8.48. The normalized spacial score (nSPS) is 11.9. The summed E-state index contributed by atoms with van der Waals surface area (Å²) in [5.41, 5.74) is 0. The Bertz CT molecular complexity index is 300. The SMILES string of the molecule is CCOC(=O)C(CBr)Oc1ccccc1. The van der Waals surface area contributed by atoms with E-state index in [1.54, 1.807) is 19.1 Å². The second-order valence-corrected chi connectivity index (χ2v) is 3.47. The average Bonchev–Trinajstić information content (AvgIpc) is 2.27. The molecule has 0 amide bonds. The minimum Gasteiger partial charge on any atom is -0.478 e. The van der Waals surface area contributed by atoms with E-state index in [4.69, 9.17) is 9.47 Å². The van der Waals surface area contributed by atoms with Crippen LogP contribution in [-0.4, -0.2) is 24.0 Å². The van der Waals surface area contributed by atoms with Gasteiger partial charge in [-0.1, -0.05) is 34.1 Å². The number of alkyl halides is 1. The highest BCUT2D eigenvalue weighted by Gasteiger charge is 2.19. The van der Waals surface area contributed by atoms with Crippen molar-refractivity contribution < 1.29 is 14.3 Å². The van der Waals surface area contributed by atoms with Crippen molar-refractivity contribution in [3.63, 3.8) is 0 Å². The van der Waals surface area contributed by atoms with Crippen molar-refractivity contribution >= 4 is 21.9 Å². The number of esters is 1. The van der Waals surface area contributed by atoms with Gasteiger partial charge < -0.3 is 9.47 Å². The van der Waals surface area contributed by atoms with Crippen molar-refractivity contribution in [2.24, 2.45) is 0 Å². The van der Waals surface area contributed by atoms with E-state index in [1.165, 1.54) is 0 Å². The molecule has 0 bridgehead atoms. The van der Waals surface area contributed by atoms with Crippen LogP contribution >= 0.6 is 15.9 Å². The summed E-state index contributed by atoms with van der Waals surface area (Å²) in [5, 5.41) is 0.417. The van der Waals surface area contributed by atoms with Gasteiger partial charge in [0.15, 0.2) is 0 Å². The van der Waals surface area contributed by atoms with Gasteiger partial charge in [0.2, 0.25) is 6.10 Å². The lowest BCUT2D eigenvalue weighted by Gasteiger charge is -2.14. The van der Waals surface area contributed by atoms with E-state index in [9.17, 15) is 4.79 Å². The van der Waals surface area contributed by atoms with E-state index in [2.05, 4.69) is 15.9 Å². The molecule has 1 atom stereocenters. The number of hydrogen-bond acceptors (Lipinski definition) is 3. The molecule has 1 aromatic carbocycles. The van der Waals surface area contributed by atoms with Gasteiger partial charge >= 0.3 is 5.97 Å². The number of hydrogen-bond donors (Lipinski definition) is 0. The number of para-hydroxylation sites is 1. The van der Waals surface area contributed by atoms with Crippen molar-refractivity contribution in [3.05, 3.63) is 30.3 Å². The van der Waals surface area contributed by atoms with E-state index >= 15 is 0 Å². The smallest absolute Gasteiger partial charge is 0.348 e. The Hall–Kier alpha value is -1.03. The van der Waals surface area contributed by atoms with E-state index in [0.29, 0.717) is 17.7 Å². The third kappa shape index (κ3) is 3.91. The van der Waals surface area contributed by atoms with Crippen molar-refractivity contribution in [2.75, 3.05) is 11.9 Å². The summed E-state index contributed by atoms with van der Waals surface area (Å²) >= 11 is 3.22. The molecule has 1 aromatic rings. The molecule has 0 spiro atoms. The van der Waals surface area contributed by atoms with Gasteiger partial charge in [-0.2, -0.15) is 0 Å². The first-order valence-corrected chi connectivity index (χ1v) is 5.84. The number of carbonyl (C=O) groups excluding carboxylic acids is 1. The fraction of sp³-hybridized carbons (Fsp3) is 0.364. The Kier molecular flexibility index (Phi) is 5.18. The van der Waals surface area contributed by atoms with Gasteiger partial charge in [0.05, 0.1) is 11.9 Å². The average molecular weight is 273 g/mol. The Balaban J connectivity index is 2.58. The van der Waals surface area contributed by atoms with Gasteiger partial charge in [0, 0.05) is 0 Å². The van der Waals surface area contributed by atoms with Crippen LogP contribution in [0.4, 0.5) is 0 Å². The molecule has 1 rings (SSSR count). The van der Waals surface area contributed by atoms with Gasteiger partial charge in [-0.3, -0.25) is 0 Å². The molecular formula is C11H13BrO3. The maximum atomic E-state index is 11.4. The molecule has 3 nitrogen and oxygen atoms in total. The highest BCUT2D eigenvalue weighted by molar-refractivity contribution is 9.09. The predicted molar refractivity (Wildman–Crippen MR) is 61.3 cm³/mol. The molecule has 0 aromatic heterocycles. The second-order valence-electron chi connectivity index (χ2n) is 2.83. The van der Waals surface area contributed by atoms with Crippen LogP contribution in [0.15, 0.2) is 30.3 Å². The molecule has 0 saturated heterocycles. The maximum absolute atomic E-state index is 11.4. The first kappa shape index (κ1) is 12.0. The third-order valence-electron chi connectivity index (χ3n) is 1.71. The Morgan fingerprint density at radius 3 is 2.60 bits per heavy atom. The molecule has 0 fully saturated rings. The van der Waals surface area contributed by atoms with Crippen LogP contribution in [0.2, 0.25) is 0 Å². The molecule has 4 heteroatoms. The van der Waals surface area contributed by atoms with Gasteiger partial charge in [-0.05, 0) is 19.1 Å². The van der Waals surface area contributed by atoms with Gasteiger partial charge in [-0.15, -0.1) is 0 Å². The second kappa shape index (κ2) is 6.45. The predicted octanol–water partition coefficient (Wildman–Crippen LogP) is 2.39. The monoisotopic (exact) mass is 272 g/mol. The zero-order chi connectivity index (χ0) is 11.1. The highest BCUT2D eigenvalue weighted by atomic mass is 79.9. The number of ether oxygens (including phenoxy) is 2. The van der Waals surface area contributed by atoms with Crippen LogP contribution in [0.25, 0.3) is 0 Å². The van der Waals surface area contributed by atoms with Crippen LogP contribution in [0, 0.1) is 0 Å². The summed E-state index contributed by atoms with van der Waals surface area (Å²) in [4.78, 5) is 11.4. The lowest BCUT2D eigenvalue weighted by Crippen LogP contribution is -2.30. The van der Waals surface area contributed by atoms with Crippen molar-refractivity contribution in [1.29, 1.82) is 0 Å². The molecule has 1 unspecified atom stereocenters. The number of benzene rings is 1. The van der Waals surface area contributed by atoms with E-state index in [1.807, 2.05) is 18.2 Å². The molecule has 0 aliphatic heterocycles. The van der Waals surface area contributed by atoms with Crippen LogP contribution < -0.4 is 4.74 Å². The fourth-order valence-electron chi connectivity index (χ4n) is 1.04. The Morgan fingerprint density at radius 2 is 2.07 bits per heavy atom. The molecule has 15 heavy (non-hydrogen) atoms. The molecule has 0 aliphatic carbocycles. The minimum absolute atomic E-state index is 0.349.